The molecule has 2 heterocycles. The van der Waals surface area contributed by atoms with Crippen LogP contribution in [0.4, 0.5) is 13.2 Å². The van der Waals surface area contributed by atoms with Crippen LogP contribution in [0.3, 0.4) is 0 Å². The fraction of sp³-hybridized carbons (Fsp3) is 0.318. The molecule has 0 atom stereocenters. The first-order chi connectivity index (χ1) is 14.3. The van der Waals surface area contributed by atoms with Crippen LogP contribution in [-0.4, -0.2) is 15.7 Å². The van der Waals surface area contributed by atoms with Crippen molar-refractivity contribution < 1.29 is 17.9 Å². The zero-order chi connectivity index (χ0) is 21.4. The summed E-state index contributed by atoms with van der Waals surface area (Å²) >= 11 is 0. The first-order valence-corrected chi connectivity index (χ1v) is 9.62. The molecule has 1 aliphatic heterocycles. The Kier molecular flexibility index (Phi) is 5.09. The molecule has 0 bridgehead atoms. The van der Waals surface area contributed by atoms with Crippen molar-refractivity contribution in [2.75, 3.05) is 0 Å². The number of hydrogen-bond donors (Lipinski definition) is 0. The molecule has 0 spiro atoms. The molecule has 4 rings (SSSR count). The number of alkyl halides is 3. The van der Waals surface area contributed by atoms with Gasteiger partial charge in [-0.2, -0.15) is 13.2 Å². The number of hydrogen-bond acceptors (Lipinski definition) is 4. The van der Waals surface area contributed by atoms with Crippen molar-refractivity contribution in [3.8, 4) is 17.0 Å². The van der Waals surface area contributed by atoms with Gasteiger partial charge in [-0.1, -0.05) is 50.2 Å². The molecule has 156 valence electrons. The zero-order valence-corrected chi connectivity index (χ0v) is 16.6. The van der Waals surface area contributed by atoms with Crippen LogP contribution in [0.2, 0.25) is 0 Å². The molecule has 0 unspecified atom stereocenters. The molecule has 3 aromatic rings. The molecular formula is C22H21F3N4O. The smallest absolute Gasteiger partial charge is 0.442 e. The summed E-state index contributed by atoms with van der Waals surface area (Å²) in [5.41, 5.74) is 0.378. The predicted octanol–water partition coefficient (Wildman–Crippen LogP) is 5.97. The summed E-state index contributed by atoms with van der Waals surface area (Å²) in [6.07, 6.45) is -0.880. The molecule has 2 aromatic carbocycles. The third-order valence-corrected chi connectivity index (χ3v) is 4.86. The van der Waals surface area contributed by atoms with Gasteiger partial charge in [-0.05, 0) is 23.6 Å². The molecule has 0 aliphatic carbocycles. The molecular weight excluding hydrogens is 393 g/mol. The summed E-state index contributed by atoms with van der Waals surface area (Å²) < 4.78 is 47.2. The fourth-order valence-electron chi connectivity index (χ4n) is 3.29. The summed E-state index contributed by atoms with van der Waals surface area (Å²) in [5, 5.41) is 6.44. The van der Waals surface area contributed by atoms with Gasteiger partial charge in [-0.15, -0.1) is 10.2 Å². The van der Waals surface area contributed by atoms with Crippen molar-refractivity contribution in [3.63, 3.8) is 0 Å². The van der Waals surface area contributed by atoms with Crippen molar-refractivity contribution in [1.82, 2.24) is 9.55 Å². The highest BCUT2D eigenvalue weighted by atomic mass is 19.4. The lowest BCUT2D eigenvalue weighted by Crippen LogP contribution is -2.30. The van der Waals surface area contributed by atoms with Gasteiger partial charge in [0.1, 0.15) is 12.4 Å². The van der Waals surface area contributed by atoms with E-state index in [1.54, 1.807) is 12.1 Å². The topological polar surface area (TPSA) is 51.8 Å². The highest BCUT2D eigenvalue weighted by molar-refractivity contribution is 5.61. The van der Waals surface area contributed by atoms with E-state index in [0.717, 1.165) is 23.4 Å². The van der Waals surface area contributed by atoms with Crippen LogP contribution < -0.4 is 4.74 Å². The number of nitrogens with zero attached hydrogens (tertiary/aromatic N) is 4. The summed E-state index contributed by atoms with van der Waals surface area (Å²) in [4.78, 5) is 4.25. The lowest BCUT2D eigenvalue weighted by molar-refractivity contribution is -0.166. The van der Waals surface area contributed by atoms with E-state index in [1.807, 2.05) is 36.8 Å². The van der Waals surface area contributed by atoms with Gasteiger partial charge >= 0.3 is 11.8 Å². The standard InChI is InChI=1S/C22H21F3N4O/c1-15(2)12-29-14-26-11-20(29)17-4-3-5-19(10-17)30-13-16-6-8-18(9-7-16)21(27-28-21)22(23,24)25/h3-11,14-15H,12-13H2,1-2H3. The van der Waals surface area contributed by atoms with Crippen molar-refractivity contribution in [2.45, 2.75) is 38.8 Å². The maximum absolute atomic E-state index is 13.1. The summed E-state index contributed by atoms with van der Waals surface area (Å²) in [6, 6.07) is 13.7. The van der Waals surface area contributed by atoms with Gasteiger partial charge < -0.3 is 9.30 Å². The molecule has 0 radical (unpaired) electrons. The van der Waals surface area contributed by atoms with Crippen LogP contribution in [-0.2, 0) is 18.8 Å². The molecule has 1 aromatic heterocycles. The Morgan fingerprint density at radius 2 is 1.80 bits per heavy atom. The minimum atomic E-state index is -4.52. The lowest BCUT2D eigenvalue weighted by atomic mass is 10.0. The normalized spacial score (nSPS) is 14.9. The number of benzene rings is 2. The van der Waals surface area contributed by atoms with Crippen LogP contribution in [0, 0.1) is 5.92 Å². The summed E-state index contributed by atoms with van der Waals surface area (Å²) in [5.74, 6) is 1.17. The monoisotopic (exact) mass is 414 g/mol. The molecule has 1 aliphatic rings. The van der Waals surface area contributed by atoms with Crippen LogP contribution in [0.15, 0.2) is 71.3 Å². The Labute approximate surface area is 172 Å². The molecule has 8 heteroatoms. The van der Waals surface area contributed by atoms with E-state index >= 15 is 0 Å². The molecule has 0 amide bonds. The quantitative estimate of drug-likeness (QED) is 0.479. The second-order valence-corrected chi connectivity index (χ2v) is 7.71. The fourth-order valence-corrected chi connectivity index (χ4v) is 3.29. The second kappa shape index (κ2) is 7.59. The maximum Gasteiger partial charge on any atom is 0.442 e. The first kappa shape index (κ1) is 20.1. The van der Waals surface area contributed by atoms with Crippen molar-refractivity contribution in [2.24, 2.45) is 16.1 Å². The number of aromatic nitrogens is 2. The van der Waals surface area contributed by atoms with E-state index in [2.05, 4.69) is 33.6 Å². The molecule has 5 nitrogen and oxygen atoms in total. The average molecular weight is 414 g/mol. The largest absolute Gasteiger partial charge is 0.489 e. The molecule has 30 heavy (non-hydrogen) atoms. The molecule has 0 N–H and O–H groups in total. The van der Waals surface area contributed by atoms with Crippen molar-refractivity contribution >= 4 is 0 Å². The maximum atomic E-state index is 13.1. The highest BCUT2D eigenvalue weighted by Crippen LogP contribution is 2.52. The SMILES string of the molecule is CC(C)Cn1cncc1-c1cccc(OCc2ccc(C3(C(F)(F)F)N=N3)cc2)c1. The Morgan fingerprint density at radius 3 is 2.43 bits per heavy atom. The van der Waals surface area contributed by atoms with Crippen LogP contribution in [0.1, 0.15) is 25.0 Å². The zero-order valence-electron chi connectivity index (χ0n) is 16.6. The van der Waals surface area contributed by atoms with Gasteiger partial charge in [-0.3, -0.25) is 0 Å². The average Bonchev–Trinajstić information content (AvgIpc) is 3.41. The van der Waals surface area contributed by atoms with E-state index in [1.165, 1.54) is 12.1 Å². The van der Waals surface area contributed by atoms with Gasteiger partial charge in [0.25, 0.3) is 0 Å². The number of rotatable bonds is 7. The molecule has 0 saturated carbocycles. The number of imidazole rings is 1. The highest BCUT2D eigenvalue weighted by Gasteiger charge is 2.65. The number of halogens is 3. The predicted molar refractivity (Wildman–Crippen MR) is 106 cm³/mol. The Morgan fingerprint density at radius 1 is 1.07 bits per heavy atom. The Balaban J connectivity index is 1.44. The van der Waals surface area contributed by atoms with Gasteiger partial charge in [0.05, 0.1) is 18.2 Å². The molecule has 0 fully saturated rings. The lowest BCUT2D eigenvalue weighted by Gasteiger charge is -2.15. The van der Waals surface area contributed by atoms with E-state index in [4.69, 9.17) is 4.74 Å². The Hall–Kier alpha value is -3.16. The third-order valence-electron chi connectivity index (χ3n) is 4.86. The number of ether oxygens (including phenoxy) is 1. The second-order valence-electron chi connectivity index (χ2n) is 7.71. The van der Waals surface area contributed by atoms with Gasteiger partial charge in [0.15, 0.2) is 0 Å². The van der Waals surface area contributed by atoms with Gasteiger partial charge in [0, 0.05) is 17.7 Å². The third kappa shape index (κ3) is 3.94. The van der Waals surface area contributed by atoms with Gasteiger partial charge in [-0.25, -0.2) is 4.98 Å². The van der Waals surface area contributed by atoms with Crippen molar-refractivity contribution in [1.29, 1.82) is 0 Å². The first-order valence-electron chi connectivity index (χ1n) is 9.62. The minimum Gasteiger partial charge on any atom is -0.489 e. The summed E-state index contributed by atoms with van der Waals surface area (Å²) in [6.45, 7) is 5.40. The van der Waals surface area contributed by atoms with Crippen LogP contribution in [0.25, 0.3) is 11.3 Å². The summed E-state index contributed by atoms with van der Waals surface area (Å²) in [7, 11) is 0. The van der Waals surface area contributed by atoms with E-state index in [9.17, 15) is 13.2 Å². The molecule has 0 saturated heterocycles. The van der Waals surface area contributed by atoms with Gasteiger partial charge in [0.2, 0.25) is 0 Å². The minimum absolute atomic E-state index is 0.0131. The van der Waals surface area contributed by atoms with E-state index < -0.39 is 11.8 Å². The Bertz CT molecular complexity index is 1050. The van der Waals surface area contributed by atoms with E-state index in [-0.39, 0.29) is 12.2 Å². The van der Waals surface area contributed by atoms with Crippen molar-refractivity contribution in [3.05, 3.63) is 72.2 Å². The van der Waals surface area contributed by atoms with E-state index in [0.29, 0.717) is 11.7 Å². The van der Waals surface area contributed by atoms with Crippen LogP contribution >= 0.6 is 0 Å². The van der Waals surface area contributed by atoms with Crippen LogP contribution in [0.5, 0.6) is 5.75 Å².